The normalized spacial score (nSPS) is 27.8. The molecule has 1 saturated carbocycles. The van der Waals surface area contributed by atoms with E-state index < -0.39 is 0 Å². The van der Waals surface area contributed by atoms with Gasteiger partial charge in [-0.25, -0.2) is 0 Å². The minimum atomic E-state index is 0.381. The Kier molecular flexibility index (Phi) is 7.49. The van der Waals surface area contributed by atoms with Crippen molar-refractivity contribution in [3.63, 3.8) is 0 Å². The van der Waals surface area contributed by atoms with Gasteiger partial charge in [0.15, 0.2) is 0 Å². The van der Waals surface area contributed by atoms with Crippen LogP contribution < -0.4 is 5.73 Å². The van der Waals surface area contributed by atoms with Gasteiger partial charge in [-0.15, -0.1) is 0 Å². The van der Waals surface area contributed by atoms with E-state index in [2.05, 4.69) is 20.8 Å². The lowest BCUT2D eigenvalue weighted by Gasteiger charge is -2.44. The standard InChI is InChI=1S/C17H35NO2/c1-16(2,3)15-6-9-17(14-18,10-7-15)8-5-11-20-13-12-19-4/h15H,5-14,18H2,1-4H3. The van der Waals surface area contributed by atoms with Crippen molar-refractivity contribution in [2.75, 3.05) is 33.5 Å². The molecule has 0 bridgehead atoms. The molecule has 0 spiro atoms. The van der Waals surface area contributed by atoms with E-state index >= 15 is 0 Å². The first-order valence-corrected chi connectivity index (χ1v) is 8.20. The molecule has 0 aromatic heterocycles. The Morgan fingerprint density at radius 2 is 1.75 bits per heavy atom. The minimum absolute atomic E-state index is 0.381. The second-order valence-electron chi connectivity index (χ2n) is 7.55. The first kappa shape index (κ1) is 17.9. The van der Waals surface area contributed by atoms with Crippen molar-refractivity contribution in [2.45, 2.75) is 59.3 Å². The molecule has 1 fully saturated rings. The summed E-state index contributed by atoms with van der Waals surface area (Å²) in [6.45, 7) is 10.2. The van der Waals surface area contributed by atoms with Crippen LogP contribution in [0.4, 0.5) is 0 Å². The van der Waals surface area contributed by atoms with Crippen LogP contribution in [0.3, 0.4) is 0 Å². The molecule has 0 aromatic rings. The Labute approximate surface area is 125 Å². The number of nitrogens with two attached hydrogens (primary N) is 1. The monoisotopic (exact) mass is 285 g/mol. The van der Waals surface area contributed by atoms with Crippen molar-refractivity contribution >= 4 is 0 Å². The van der Waals surface area contributed by atoms with E-state index in [1.165, 1.54) is 32.1 Å². The molecule has 2 N–H and O–H groups in total. The fraction of sp³-hybridized carbons (Fsp3) is 1.00. The zero-order valence-electron chi connectivity index (χ0n) is 14.0. The molecule has 0 saturated heterocycles. The second kappa shape index (κ2) is 8.35. The topological polar surface area (TPSA) is 44.5 Å². The summed E-state index contributed by atoms with van der Waals surface area (Å²) >= 11 is 0. The first-order valence-electron chi connectivity index (χ1n) is 8.20. The third kappa shape index (κ3) is 5.71. The first-order chi connectivity index (χ1) is 9.43. The Bertz CT molecular complexity index is 252. The quantitative estimate of drug-likeness (QED) is 0.693. The van der Waals surface area contributed by atoms with Crippen molar-refractivity contribution in [3.8, 4) is 0 Å². The highest BCUT2D eigenvalue weighted by Crippen LogP contribution is 2.46. The van der Waals surface area contributed by atoms with Crippen LogP contribution in [0.5, 0.6) is 0 Å². The third-order valence-corrected chi connectivity index (χ3v) is 5.13. The fourth-order valence-corrected chi connectivity index (χ4v) is 3.45. The maximum absolute atomic E-state index is 6.09. The predicted molar refractivity (Wildman–Crippen MR) is 84.8 cm³/mol. The summed E-state index contributed by atoms with van der Waals surface area (Å²) in [6, 6.07) is 0. The predicted octanol–water partition coefficient (Wildman–Crippen LogP) is 3.61. The average Bonchev–Trinajstić information content (AvgIpc) is 2.42. The van der Waals surface area contributed by atoms with Gasteiger partial charge in [-0.05, 0) is 61.8 Å². The van der Waals surface area contributed by atoms with Gasteiger partial charge in [-0.1, -0.05) is 20.8 Å². The number of ether oxygens (including phenoxy) is 2. The summed E-state index contributed by atoms with van der Waals surface area (Å²) < 4.78 is 10.5. The van der Waals surface area contributed by atoms with Crippen molar-refractivity contribution in [3.05, 3.63) is 0 Å². The molecule has 20 heavy (non-hydrogen) atoms. The van der Waals surface area contributed by atoms with E-state index in [1.807, 2.05) is 0 Å². The summed E-state index contributed by atoms with van der Waals surface area (Å²) in [7, 11) is 1.71. The number of methoxy groups -OCH3 is 1. The van der Waals surface area contributed by atoms with Gasteiger partial charge in [-0.3, -0.25) is 0 Å². The zero-order chi connectivity index (χ0) is 15.1. The van der Waals surface area contributed by atoms with Crippen LogP contribution in [0.25, 0.3) is 0 Å². The van der Waals surface area contributed by atoms with Crippen LogP contribution in [0, 0.1) is 16.7 Å². The van der Waals surface area contributed by atoms with Crippen molar-refractivity contribution < 1.29 is 9.47 Å². The molecular formula is C17H35NO2. The highest BCUT2D eigenvalue weighted by molar-refractivity contribution is 4.89. The van der Waals surface area contributed by atoms with Gasteiger partial charge in [0.1, 0.15) is 0 Å². The van der Waals surface area contributed by atoms with Crippen LogP contribution in [-0.2, 0) is 9.47 Å². The van der Waals surface area contributed by atoms with E-state index in [0.29, 0.717) is 24.0 Å². The van der Waals surface area contributed by atoms with E-state index in [1.54, 1.807) is 7.11 Å². The molecule has 0 atom stereocenters. The fourth-order valence-electron chi connectivity index (χ4n) is 3.45. The lowest BCUT2D eigenvalue weighted by atomic mass is 9.63. The molecule has 0 radical (unpaired) electrons. The van der Waals surface area contributed by atoms with Gasteiger partial charge >= 0.3 is 0 Å². The summed E-state index contributed by atoms with van der Waals surface area (Å²) in [5.41, 5.74) is 6.92. The Hall–Kier alpha value is -0.120. The van der Waals surface area contributed by atoms with Crippen LogP contribution in [0.2, 0.25) is 0 Å². The summed E-state index contributed by atoms with van der Waals surface area (Å²) in [5, 5.41) is 0. The SMILES string of the molecule is COCCOCCCC1(CN)CCC(C(C)(C)C)CC1. The molecule has 0 amide bonds. The van der Waals surface area contributed by atoms with E-state index in [-0.39, 0.29) is 0 Å². The lowest BCUT2D eigenvalue weighted by molar-refractivity contribution is 0.0504. The maximum atomic E-state index is 6.09. The zero-order valence-corrected chi connectivity index (χ0v) is 14.0. The molecule has 1 aliphatic carbocycles. The minimum Gasteiger partial charge on any atom is -0.382 e. The molecule has 0 unspecified atom stereocenters. The van der Waals surface area contributed by atoms with Crippen LogP contribution in [0.15, 0.2) is 0 Å². The van der Waals surface area contributed by atoms with Gasteiger partial charge < -0.3 is 15.2 Å². The van der Waals surface area contributed by atoms with Gasteiger partial charge in [0, 0.05) is 13.7 Å². The number of hydrogen-bond acceptors (Lipinski definition) is 3. The largest absolute Gasteiger partial charge is 0.382 e. The molecule has 120 valence electrons. The van der Waals surface area contributed by atoms with Gasteiger partial charge in [0.2, 0.25) is 0 Å². The third-order valence-electron chi connectivity index (χ3n) is 5.13. The van der Waals surface area contributed by atoms with Crippen molar-refractivity contribution in [2.24, 2.45) is 22.5 Å². The van der Waals surface area contributed by atoms with Crippen molar-refractivity contribution in [1.82, 2.24) is 0 Å². The van der Waals surface area contributed by atoms with E-state index in [0.717, 1.165) is 25.5 Å². The molecule has 0 aromatic carbocycles. The van der Waals surface area contributed by atoms with Gasteiger partial charge in [0.05, 0.1) is 13.2 Å². The van der Waals surface area contributed by atoms with Crippen molar-refractivity contribution in [1.29, 1.82) is 0 Å². The summed E-state index contributed by atoms with van der Waals surface area (Å²) in [5.74, 6) is 0.861. The molecule has 1 rings (SSSR count). The summed E-state index contributed by atoms with van der Waals surface area (Å²) in [4.78, 5) is 0. The number of hydrogen-bond donors (Lipinski definition) is 1. The van der Waals surface area contributed by atoms with Gasteiger partial charge in [-0.2, -0.15) is 0 Å². The van der Waals surface area contributed by atoms with Crippen LogP contribution in [0.1, 0.15) is 59.3 Å². The molecule has 0 heterocycles. The second-order valence-corrected chi connectivity index (χ2v) is 7.55. The molecule has 1 aliphatic rings. The Morgan fingerprint density at radius 1 is 1.10 bits per heavy atom. The molecular weight excluding hydrogens is 250 g/mol. The molecule has 0 aliphatic heterocycles. The summed E-state index contributed by atoms with van der Waals surface area (Å²) in [6.07, 6.45) is 7.61. The maximum Gasteiger partial charge on any atom is 0.0700 e. The van der Waals surface area contributed by atoms with Crippen LogP contribution in [-0.4, -0.2) is 33.5 Å². The Balaban J connectivity index is 2.28. The van der Waals surface area contributed by atoms with E-state index in [4.69, 9.17) is 15.2 Å². The highest BCUT2D eigenvalue weighted by Gasteiger charge is 2.37. The number of rotatable bonds is 8. The van der Waals surface area contributed by atoms with Gasteiger partial charge in [0.25, 0.3) is 0 Å². The smallest absolute Gasteiger partial charge is 0.0700 e. The molecule has 3 heteroatoms. The lowest BCUT2D eigenvalue weighted by Crippen LogP contribution is -2.38. The average molecular weight is 285 g/mol. The molecule has 3 nitrogen and oxygen atoms in total. The van der Waals surface area contributed by atoms with E-state index in [9.17, 15) is 0 Å². The van der Waals surface area contributed by atoms with Crippen LogP contribution >= 0.6 is 0 Å². The highest BCUT2D eigenvalue weighted by atomic mass is 16.5. The Morgan fingerprint density at radius 3 is 2.25 bits per heavy atom.